The molecule has 3 nitrogen and oxygen atoms in total. The van der Waals surface area contributed by atoms with E-state index in [0.717, 1.165) is 25.3 Å². The van der Waals surface area contributed by atoms with E-state index in [1.807, 2.05) is 6.07 Å². The molecule has 0 radical (unpaired) electrons. The Morgan fingerprint density at radius 2 is 2.20 bits per heavy atom. The van der Waals surface area contributed by atoms with E-state index in [0.29, 0.717) is 11.3 Å². The zero-order valence-corrected chi connectivity index (χ0v) is 10.3. The molecule has 0 spiro atoms. The maximum Gasteiger partial charge on any atom is 0.193 e. The highest BCUT2D eigenvalue weighted by Crippen LogP contribution is 2.12. The van der Waals surface area contributed by atoms with E-state index < -0.39 is 0 Å². The maximum absolute atomic E-state index is 5.68. The molecule has 0 bridgehead atoms. The first kappa shape index (κ1) is 12.6. The Morgan fingerprint density at radius 1 is 1.47 bits per heavy atom. The number of furan rings is 1. The molecule has 1 atom stereocenters. The SMILES string of the molecule is CC(CCN(C)C)NCc1ccc(Cl)o1. The summed E-state index contributed by atoms with van der Waals surface area (Å²) in [4.78, 5) is 2.18. The molecule has 1 aromatic rings. The van der Waals surface area contributed by atoms with Crippen LogP contribution in [0.3, 0.4) is 0 Å². The third-order valence-corrected chi connectivity index (χ3v) is 2.47. The zero-order chi connectivity index (χ0) is 11.3. The van der Waals surface area contributed by atoms with Crippen LogP contribution in [0.4, 0.5) is 0 Å². The Morgan fingerprint density at radius 3 is 2.73 bits per heavy atom. The number of nitrogens with zero attached hydrogens (tertiary/aromatic N) is 1. The average Bonchev–Trinajstić information content (AvgIpc) is 2.58. The molecule has 1 aromatic heterocycles. The summed E-state index contributed by atoms with van der Waals surface area (Å²) in [5.41, 5.74) is 0. The number of hydrogen-bond acceptors (Lipinski definition) is 3. The number of hydrogen-bond donors (Lipinski definition) is 1. The Balaban J connectivity index is 2.19. The van der Waals surface area contributed by atoms with Gasteiger partial charge in [0.05, 0.1) is 6.54 Å². The molecule has 0 aliphatic heterocycles. The smallest absolute Gasteiger partial charge is 0.193 e. The van der Waals surface area contributed by atoms with Crippen molar-refractivity contribution in [2.45, 2.75) is 25.9 Å². The second kappa shape index (κ2) is 6.16. The second-order valence-corrected chi connectivity index (χ2v) is 4.45. The molecule has 15 heavy (non-hydrogen) atoms. The van der Waals surface area contributed by atoms with Gasteiger partial charge in [0.2, 0.25) is 0 Å². The molecule has 1 N–H and O–H groups in total. The fourth-order valence-electron chi connectivity index (χ4n) is 1.28. The van der Waals surface area contributed by atoms with Gasteiger partial charge in [-0.15, -0.1) is 0 Å². The van der Waals surface area contributed by atoms with E-state index in [1.54, 1.807) is 6.07 Å². The van der Waals surface area contributed by atoms with E-state index in [2.05, 4.69) is 31.2 Å². The fourth-order valence-corrected chi connectivity index (χ4v) is 1.44. The van der Waals surface area contributed by atoms with E-state index in [4.69, 9.17) is 16.0 Å². The van der Waals surface area contributed by atoms with Crippen LogP contribution >= 0.6 is 11.6 Å². The first-order chi connectivity index (χ1) is 7.08. The summed E-state index contributed by atoms with van der Waals surface area (Å²) in [5, 5.41) is 3.84. The van der Waals surface area contributed by atoms with Gasteiger partial charge >= 0.3 is 0 Å². The lowest BCUT2D eigenvalue weighted by molar-refractivity contribution is 0.359. The van der Waals surface area contributed by atoms with Crippen LogP contribution in [-0.4, -0.2) is 31.6 Å². The Kier molecular flexibility index (Phi) is 5.15. The van der Waals surface area contributed by atoms with Crippen molar-refractivity contribution in [2.75, 3.05) is 20.6 Å². The minimum Gasteiger partial charge on any atom is -0.448 e. The van der Waals surface area contributed by atoms with Gasteiger partial charge in [-0.25, -0.2) is 0 Å². The minimum absolute atomic E-state index is 0.452. The monoisotopic (exact) mass is 230 g/mol. The van der Waals surface area contributed by atoms with Gasteiger partial charge in [-0.2, -0.15) is 0 Å². The van der Waals surface area contributed by atoms with Crippen LogP contribution in [0.1, 0.15) is 19.1 Å². The maximum atomic E-state index is 5.68. The zero-order valence-electron chi connectivity index (χ0n) is 9.59. The van der Waals surface area contributed by atoms with Gasteiger partial charge in [-0.1, -0.05) is 0 Å². The molecule has 0 aliphatic carbocycles. The summed E-state index contributed by atoms with van der Waals surface area (Å²) < 4.78 is 5.25. The third kappa shape index (κ3) is 5.21. The van der Waals surface area contributed by atoms with Gasteiger partial charge in [0.25, 0.3) is 0 Å². The molecule has 1 rings (SSSR count). The summed E-state index contributed by atoms with van der Waals surface area (Å²) >= 11 is 5.68. The van der Waals surface area contributed by atoms with Crippen molar-refractivity contribution in [3.8, 4) is 0 Å². The van der Waals surface area contributed by atoms with Gasteiger partial charge in [0, 0.05) is 6.04 Å². The normalized spacial score (nSPS) is 13.4. The molecule has 0 saturated heterocycles. The van der Waals surface area contributed by atoms with Crippen molar-refractivity contribution < 1.29 is 4.42 Å². The molecular formula is C11H19ClN2O. The molecule has 86 valence electrons. The molecule has 0 aliphatic rings. The average molecular weight is 231 g/mol. The van der Waals surface area contributed by atoms with Crippen LogP contribution < -0.4 is 5.32 Å². The summed E-state index contributed by atoms with van der Waals surface area (Å²) in [7, 11) is 4.16. The van der Waals surface area contributed by atoms with E-state index in [-0.39, 0.29) is 0 Å². The highest BCUT2D eigenvalue weighted by molar-refractivity contribution is 6.28. The van der Waals surface area contributed by atoms with Gasteiger partial charge in [0.15, 0.2) is 5.22 Å². The molecule has 1 unspecified atom stereocenters. The van der Waals surface area contributed by atoms with Crippen molar-refractivity contribution in [3.05, 3.63) is 23.1 Å². The van der Waals surface area contributed by atoms with Crippen molar-refractivity contribution in [1.29, 1.82) is 0 Å². The molecule has 0 amide bonds. The van der Waals surface area contributed by atoms with Crippen molar-refractivity contribution in [2.24, 2.45) is 0 Å². The summed E-state index contributed by atoms with van der Waals surface area (Å²) in [6.45, 7) is 4.00. The van der Waals surface area contributed by atoms with Gasteiger partial charge < -0.3 is 14.6 Å². The minimum atomic E-state index is 0.452. The van der Waals surface area contributed by atoms with E-state index >= 15 is 0 Å². The standard InChI is InChI=1S/C11H19ClN2O/c1-9(6-7-14(2)3)13-8-10-4-5-11(12)15-10/h4-5,9,13H,6-8H2,1-3H3. The van der Waals surface area contributed by atoms with E-state index in [1.165, 1.54) is 0 Å². The molecule has 0 aromatic carbocycles. The molecule has 4 heteroatoms. The predicted molar refractivity (Wildman–Crippen MR) is 63.2 cm³/mol. The van der Waals surface area contributed by atoms with Crippen LogP contribution in [0.5, 0.6) is 0 Å². The number of rotatable bonds is 6. The van der Waals surface area contributed by atoms with E-state index in [9.17, 15) is 0 Å². The third-order valence-electron chi connectivity index (χ3n) is 2.26. The largest absolute Gasteiger partial charge is 0.448 e. The summed E-state index contributed by atoms with van der Waals surface area (Å²) in [6, 6.07) is 4.15. The molecule has 1 heterocycles. The van der Waals surface area contributed by atoms with Crippen LogP contribution in [0.2, 0.25) is 5.22 Å². The molecule has 0 saturated carbocycles. The number of halogens is 1. The lowest BCUT2D eigenvalue weighted by Gasteiger charge is -2.15. The Hall–Kier alpha value is -0.510. The lowest BCUT2D eigenvalue weighted by Crippen LogP contribution is -2.29. The predicted octanol–water partition coefficient (Wildman–Crippen LogP) is 2.36. The molecular weight excluding hydrogens is 212 g/mol. The first-order valence-electron chi connectivity index (χ1n) is 5.20. The van der Waals surface area contributed by atoms with Crippen LogP contribution in [0.25, 0.3) is 0 Å². The van der Waals surface area contributed by atoms with Crippen molar-refractivity contribution in [3.63, 3.8) is 0 Å². The molecule has 0 fully saturated rings. The first-order valence-corrected chi connectivity index (χ1v) is 5.58. The highest BCUT2D eigenvalue weighted by atomic mass is 35.5. The Bertz CT molecular complexity index is 286. The second-order valence-electron chi connectivity index (χ2n) is 4.08. The number of nitrogens with one attached hydrogen (secondary N) is 1. The van der Waals surface area contributed by atoms with Gasteiger partial charge in [0.1, 0.15) is 5.76 Å². The van der Waals surface area contributed by atoms with Crippen molar-refractivity contribution in [1.82, 2.24) is 10.2 Å². The quantitative estimate of drug-likeness (QED) is 0.814. The topological polar surface area (TPSA) is 28.4 Å². The summed E-state index contributed by atoms with van der Waals surface area (Å²) in [5.74, 6) is 0.886. The van der Waals surface area contributed by atoms with Crippen LogP contribution in [0, 0.1) is 0 Å². The lowest BCUT2D eigenvalue weighted by atomic mass is 10.2. The Labute approximate surface area is 96.4 Å². The van der Waals surface area contributed by atoms with Gasteiger partial charge in [-0.05, 0) is 57.7 Å². The van der Waals surface area contributed by atoms with Crippen LogP contribution in [-0.2, 0) is 6.54 Å². The fraction of sp³-hybridized carbons (Fsp3) is 0.636. The highest BCUT2D eigenvalue weighted by Gasteiger charge is 2.04. The van der Waals surface area contributed by atoms with Gasteiger partial charge in [-0.3, -0.25) is 0 Å². The van der Waals surface area contributed by atoms with Crippen molar-refractivity contribution >= 4 is 11.6 Å². The van der Waals surface area contributed by atoms with Crippen LogP contribution in [0.15, 0.2) is 16.5 Å². The summed E-state index contributed by atoms with van der Waals surface area (Å²) in [6.07, 6.45) is 1.13.